The zero-order valence-corrected chi connectivity index (χ0v) is 12.5. The standard InChI is InChI=1S/C17H24N2O/c1-12-9-13(2)15-14(10-12)19-16(20-15)17(11-18)7-5-3-4-6-8-17/h9-10H,3-8,11,18H2,1-2H3. The second kappa shape index (κ2) is 5.21. The molecule has 1 heterocycles. The van der Waals surface area contributed by atoms with Gasteiger partial charge in [0.15, 0.2) is 5.58 Å². The Balaban J connectivity index is 2.09. The molecule has 1 aromatic carbocycles. The lowest BCUT2D eigenvalue weighted by molar-refractivity contribution is 0.300. The van der Waals surface area contributed by atoms with Gasteiger partial charge in [-0.25, -0.2) is 4.98 Å². The van der Waals surface area contributed by atoms with Crippen molar-refractivity contribution >= 4 is 11.1 Å². The van der Waals surface area contributed by atoms with Gasteiger partial charge in [0.2, 0.25) is 5.89 Å². The third-order valence-electron chi connectivity index (χ3n) is 4.73. The molecule has 1 aliphatic carbocycles. The predicted molar refractivity (Wildman–Crippen MR) is 81.9 cm³/mol. The molecule has 3 nitrogen and oxygen atoms in total. The number of rotatable bonds is 2. The molecule has 0 unspecified atom stereocenters. The zero-order chi connectivity index (χ0) is 14.2. The Bertz CT molecular complexity index is 607. The summed E-state index contributed by atoms with van der Waals surface area (Å²) < 4.78 is 6.15. The Kier molecular flexibility index (Phi) is 3.55. The van der Waals surface area contributed by atoms with Crippen LogP contribution in [0.4, 0.5) is 0 Å². The van der Waals surface area contributed by atoms with Crippen molar-refractivity contribution in [1.82, 2.24) is 4.98 Å². The lowest BCUT2D eigenvalue weighted by Gasteiger charge is -2.27. The summed E-state index contributed by atoms with van der Waals surface area (Å²) in [4.78, 5) is 4.80. The van der Waals surface area contributed by atoms with Crippen molar-refractivity contribution in [2.24, 2.45) is 5.73 Å². The molecule has 3 heteroatoms. The lowest BCUT2D eigenvalue weighted by Crippen LogP contribution is -2.35. The highest BCUT2D eigenvalue weighted by atomic mass is 16.3. The van der Waals surface area contributed by atoms with Crippen LogP contribution in [0, 0.1) is 13.8 Å². The molecule has 0 bridgehead atoms. The third-order valence-corrected chi connectivity index (χ3v) is 4.73. The first kappa shape index (κ1) is 13.6. The minimum absolute atomic E-state index is 0.0458. The van der Waals surface area contributed by atoms with Crippen LogP contribution in [-0.4, -0.2) is 11.5 Å². The normalized spacial score (nSPS) is 19.1. The van der Waals surface area contributed by atoms with E-state index in [4.69, 9.17) is 15.1 Å². The molecule has 1 aromatic heterocycles. The number of hydrogen-bond donors (Lipinski definition) is 1. The van der Waals surface area contributed by atoms with Crippen LogP contribution >= 0.6 is 0 Å². The maximum Gasteiger partial charge on any atom is 0.202 e. The quantitative estimate of drug-likeness (QED) is 0.841. The molecule has 0 amide bonds. The van der Waals surface area contributed by atoms with E-state index in [1.807, 2.05) is 0 Å². The molecule has 0 radical (unpaired) electrons. The zero-order valence-electron chi connectivity index (χ0n) is 12.5. The van der Waals surface area contributed by atoms with E-state index in [2.05, 4.69) is 26.0 Å². The van der Waals surface area contributed by atoms with Gasteiger partial charge in [-0.1, -0.05) is 31.7 Å². The van der Waals surface area contributed by atoms with Crippen LogP contribution in [0.15, 0.2) is 16.5 Å². The molecule has 3 rings (SSSR count). The van der Waals surface area contributed by atoms with Crippen molar-refractivity contribution < 1.29 is 4.42 Å². The summed E-state index contributed by atoms with van der Waals surface area (Å²) in [6.45, 7) is 4.83. The smallest absolute Gasteiger partial charge is 0.202 e. The minimum atomic E-state index is -0.0458. The second-order valence-electron chi connectivity index (χ2n) is 6.35. The number of oxazole rings is 1. The van der Waals surface area contributed by atoms with Gasteiger partial charge in [0.25, 0.3) is 0 Å². The molecule has 1 aliphatic rings. The fourth-order valence-corrected chi connectivity index (χ4v) is 3.51. The van der Waals surface area contributed by atoms with Crippen molar-refractivity contribution in [2.45, 2.75) is 57.8 Å². The van der Waals surface area contributed by atoms with Crippen molar-refractivity contribution in [1.29, 1.82) is 0 Å². The summed E-state index contributed by atoms with van der Waals surface area (Å²) in [5.41, 5.74) is 10.4. The van der Waals surface area contributed by atoms with Gasteiger partial charge in [0, 0.05) is 6.54 Å². The molecular weight excluding hydrogens is 248 g/mol. The molecule has 20 heavy (non-hydrogen) atoms. The van der Waals surface area contributed by atoms with Crippen LogP contribution in [0.5, 0.6) is 0 Å². The second-order valence-corrected chi connectivity index (χ2v) is 6.35. The molecule has 0 atom stereocenters. The summed E-state index contributed by atoms with van der Waals surface area (Å²) in [6.07, 6.45) is 7.28. The molecule has 0 aliphatic heterocycles. The third kappa shape index (κ3) is 2.24. The van der Waals surface area contributed by atoms with Gasteiger partial charge < -0.3 is 10.2 Å². The van der Waals surface area contributed by atoms with Crippen LogP contribution in [0.25, 0.3) is 11.1 Å². The Hall–Kier alpha value is -1.35. The number of aryl methyl sites for hydroxylation is 2. The summed E-state index contributed by atoms with van der Waals surface area (Å²) in [5.74, 6) is 0.866. The van der Waals surface area contributed by atoms with Gasteiger partial charge in [-0.2, -0.15) is 0 Å². The van der Waals surface area contributed by atoms with Gasteiger partial charge in [-0.15, -0.1) is 0 Å². The first-order valence-electron chi connectivity index (χ1n) is 7.73. The summed E-state index contributed by atoms with van der Waals surface area (Å²) in [6, 6.07) is 4.26. The maximum absolute atomic E-state index is 6.15. The highest BCUT2D eigenvalue weighted by molar-refractivity contribution is 5.77. The Morgan fingerprint density at radius 1 is 1.15 bits per heavy atom. The highest BCUT2D eigenvalue weighted by Gasteiger charge is 2.36. The van der Waals surface area contributed by atoms with Crippen molar-refractivity contribution in [3.63, 3.8) is 0 Å². The average molecular weight is 272 g/mol. The molecule has 2 aromatic rings. The molecule has 0 spiro atoms. The minimum Gasteiger partial charge on any atom is -0.440 e. The van der Waals surface area contributed by atoms with E-state index in [0.717, 1.165) is 29.8 Å². The first-order valence-corrected chi connectivity index (χ1v) is 7.73. The van der Waals surface area contributed by atoms with Crippen LogP contribution < -0.4 is 5.73 Å². The van der Waals surface area contributed by atoms with Crippen LogP contribution in [0.1, 0.15) is 55.5 Å². The van der Waals surface area contributed by atoms with Gasteiger partial charge in [0.05, 0.1) is 5.41 Å². The van der Waals surface area contributed by atoms with Gasteiger partial charge in [-0.05, 0) is 43.9 Å². The number of nitrogens with two attached hydrogens (primary N) is 1. The van der Waals surface area contributed by atoms with E-state index >= 15 is 0 Å². The van der Waals surface area contributed by atoms with Crippen LogP contribution in [0.3, 0.4) is 0 Å². The van der Waals surface area contributed by atoms with E-state index in [1.54, 1.807) is 0 Å². The SMILES string of the molecule is Cc1cc(C)c2oc(C3(CN)CCCCCC3)nc2c1. The Morgan fingerprint density at radius 3 is 2.50 bits per heavy atom. The predicted octanol–water partition coefficient (Wildman–Crippen LogP) is 4.00. The number of hydrogen-bond acceptors (Lipinski definition) is 3. The van der Waals surface area contributed by atoms with Crippen LogP contribution in [-0.2, 0) is 5.41 Å². The van der Waals surface area contributed by atoms with Crippen molar-refractivity contribution in [2.75, 3.05) is 6.54 Å². The first-order chi connectivity index (χ1) is 9.64. The van der Waals surface area contributed by atoms with Gasteiger partial charge in [0.1, 0.15) is 5.52 Å². The fourth-order valence-electron chi connectivity index (χ4n) is 3.51. The van der Waals surface area contributed by atoms with Crippen molar-refractivity contribution in [3.8, 4) is 0 Å². The summed E-state index contributed by atoms with van der Waals surface area (Å²) in [7, 11) is 0. The van der Waals surface area contributed by atoms with Crippen LogP contribution in [0.2, 0.25) is 0 Å². The molecule has 108 valence electrons. The summed E-state index contributed by atoms with van der Waals surface area (Å²) in [5, 5.41) is 0. The number of fused-ring (bicyclic) bond motifs is 1. The Morgan fingerprint density at radius 2 is 1.85 bits per heavy atom. The number of benzene rings is 1. The molecule has 1 saturated carbocycles. The lowest BCUT2D eigenvalue weighted by atomic mass is 9.80. The van der Waals surface area contributed by atoms with E-state index in [1.165, 1.54) is 36.8 Å². The maximum atomic E-state index is 6.15. The number of aromatic nitrogens is 1. The Labute approximate surface area is 120 Å². The molecule has 2 N–H and O–H groups in total. The molecule has 1 fully saturated rings. The van der Waals surface area contributed by atoms with Gasteiger partial charge in [-0.3, -0.25) is 0 Å². The molecule has 0 saturated heterocycles. The average Bonchev–Trinajstić information content (AvgIpc) is 2.71. The van der Waals surface area contributed by atoms with E-state index in [-0.39, 0.29) is 5.41 Å². The molecular formula is C17H24N2O. The fraction of sp³-hybridized carbons (Fsp3) is 0.588. The highest BCUT2D eigenvalue weighted by Crippen LogP contribution is 2.38. The topological polar surface area (TPSA) is 52.0 Å². The number of nitrogens with zero attached hydrogens (tertiary/aromatic N) is 1. The summed E-state index contributed by atoms with van der Waals surface area (Å²) >= 11 is 0. The van der Waals surface area contributed by atoms with Crippen molar-refractivity contribution in [3.05, 3.63) is 29.2 Å². The van der Waals surface area contributed by atoms with Gasteiger partial charge >= 0.3 is 0 Å². The van der Waals surface area contributed by atoms with E-state index in [0.29, 0.717) is 6.54 Å². The largest absolute Gasteiger partial charge is 0.440 e. The van der Waals surface area contributed by atoms with E-state index < -0.39 is 0 Å². The monoisotopic (exact) mass is 272 g/mol. The van der Waals surface area contributed by atoms with E-state index in [9.17, 15) is 0 Å².